The molecule has 0 N–H and O–H groups in total. The van der Waals surface area contributed by atoms with E-state index in [0.29, 0.717) is 22.5 Å². The van der Waals surface area contributed by atoms with Crippen molar-refractivity contribution < 1.29 is 4.79 Å². The molecule has 2 rings (SSSR count). The molecule has 1 amide bonds. The summed E-state index contributed by atoms with van der Waals surface area (Å²) >= 11 is 9.67. The molecule has 0 unspecified atom stereocenters. The van der Waals surface area contributed by atoms with E-state index in [1.165, 1.54) is 12.8 Å². The predicted molar refractivity (Wildman–Crippen MR) is 91.9 cm³/mol. The first-order valence-corrected chi connectivity index (χ1v) is 8.92. The van der Waals surface area contributed by atoms with Crippen molar-refractivity contribution in [3.63, 3.8) is 0 Å². The van der Waals surface area contributed by atoms with Crippen molar-refractivity contribution in [3.05, 3.63) is 33.3 Å². The van der Waals surface area contributed by atoms with Crippen LogP contribution in [0.4, 0.5) is 0 Å². The first kappa shape index (κ1) is 16.8. The minimum atomic E-state index is 0.0776. The maximum atomic E-state index is 12.9. The highest BCUT2D eigenvalue weighted by molar-refractivity contribution is 9.10. The summed E-state index contributed by atoms with van der Waals surface area (Å²) in [7, 11) is 0. The summed E-state index contributed by atoms with van der Waals surface area (Å²) < 4.78 is 0.894. The summed E-state index contributed by atoms with van der Waals surface area (Å²) in [4.78, 5) is 15.0. The summed E-state index contributed by atoms with van der Waals surface area (Å²) in [5.74, 6) is 0.675. The molecule has 21 heavy (non-hydrogen) atoms. The molecule has 0 aromatic heterocycles. The van der Waals surface area contributed by atoms with Crippen molar-refractivity contribution in [2.45, 2.75) is 52.0 Å². The lowest BCUT2D eigenvalue weighted by Gasteiger charge is -2.30. The van der Waals surface area contributed by atoms with Gasteiger partial charge in [-0.1, -0.05) is 54.2 Å². The van der Waals surface area contributed by atoms with Gasteiger partial charge in [-0.05, 0) is 43.4 Å². The smallest absolute Gasteiger partial charge is 0.255 e. The Kier molecular flexibility index (Phi) is 6.12. The van der Waals surface area contributed by atoms with Crippen LogP contribution in [0.15, 0.2) is 22.7 Å². The van der Waals surface area contributed by atoms with Crippen molar-refractivity contribution in [1.82, 2.24) is 4.90 Å². The topological polar surface area (TPSA) is 20.3 Å². The quantitative estimate of drug-likeness (QED) is 0.665. The van der Waals surface area contributed by atoms with Crippen LogP contribution in [0, 0.1) is 5.92 Å². The summed E-state index contributed by atoms with van der Waals surface area (Å²) in [5, 5.41) is 0.538. The van der Waals surface area contributed by atoms with E-state index in [9.17, 15) is 4.79 Å². The van der Waals surface area contributed by atoms with Crippen LogP contribution >= 0.6 is 27.5 Å². The zero-order chi connectivity index (χ0) is 15.4. The fourth-order valence-corrected chi connectivity index (χ4v) is 3.44. The second-order valence-electron chi connectivity index (χ2n) is 6.24. The van der Waals surface area contributed by atoms with Gasteiger partial charge in [-0.25, -0.2) is 0 Å². The lowest BCUT2D eigenvalue weighted by atomic mass is 10.1. The van der Waals surface area contributed by atoms with E-state index in [0.717, 1.165) is 30.3 Å². The Morgan fingerprint density at radius 2 is 2.05 bits per heavy atom. The monoisotopic (exact) mass is 371 g/mol. The molecule has 0 heterocycles. The highest BCUT2D eigenvalue weighted by atomic mass is 79.9. The lowest BCUT2D eigenvalue weighted by Crippen LogP contribution is -2.40. The van der Waals surface area contributed by atoms with E-state index in [2.05, 4.69) is 34.7 Å². The van der Waals surface area contributed by atoms with Gasteiger partial charge in [-0.2, -0.15) is 0 Å². The van der Waals surface area contributed by atoms with Gasteiger partial charge in [0, 0.05) is 17.1 Å². The maximum absolute atomic E-state index is 12.9. The Balaban J connectivity index is 2.21. The normalized spacial score (nSPS) is 15.7. The lowest BCUT2D eigenvalue weighted by molar-refractivity contribution is 0.0672. The Hall–Kier alpha value is -0.540. The third kappa shape index (κ3) is 4.46. The van der Waals surface area contributed by atoms with Crippen molar-refractivity contribution in [3.8, 4) is 0 Å². The Morgan fingerprint density at radius 3 is 2.67 bits per heavy atom. The van der Waals surface area contributed by atoms with Gasteiger partial charge >= 0.3 is 0 Å². The zero-order valence-corrected chi connectivity index (χ0v) is 15.1. The van der Waals surface area contributed by atoms with Gasteiger partial charge in [0.1, 0.15) is 0 Å². The molecule has 0 bridgehead atoms. The zero-order valence-electron chi connectivity index (χ0n) is 12.7. The van der Waals surface area contributed by atoms with E-state index in [1.807, 2.05) is 12.1 Å². The predicted octanol–water partition coefficient (Wildman–Crippen LogP) is 5.53. The van der Waals surface area contributed by atoms with E-state index >= 15 is 0 Å². The van der Waals surface area contributed by atoms with Crippen LogP contribution in [0.3, 0.4) is 0 Å². The minimum absolute atomic E-state index is 0.0776. The number of amides is 1. The minimum Gasteiger partial charge on any atom is -0.336 e. The summed E-state index contributed by atoms with van der Waals surface area (Å²) in [5.41, 5.74) is 0.613. The second kappa shape index (κ2) is 7.64. The summed E-state index contributed by atoms with van der Waals surface area (Å²) in [6, 6.07) is 5.87. The summed E-state index contributed by atoms with van der Waals surface area (Å²) in [6.07, 6.45) is 5.73. The molecule has 0 aliphatic heterocycles. The number of rotatable bonds is 5. The van der Waals surface area contributed by atoms with Crippen LogP contribution in [0.25, 0.3) is 0 Å². The largest absolute Gasteiger partial charge is 0.336 e. The molecule has 1 fully saturated rings. The van der Waals surface area contributed by atoms with E-state index in [1.54, 1.807) is 6.07 Å². The highest BCUT2D eigenvalue weighted by Crippen LogP contribution is 2.28. The van der Waals surface area contributed by atoms with Gasteiger partial charge < -0.3 is 4.90 Å². The van der Waals surface area contributed by atoms with Crippen LogP contribution in [0.5, 0.6) is 0 Å². The third-order valence-electron chi connectivity index (χ3n) is 4.13. The SMILES string of the molecule is CC(C)CCN(C(=O)c1cc(Br)ccc1Cl)C1CCCC1. The fourth-order valence-electron chi connectivity index (χ4n) is 2.88. The molecule has 1 aliphatic carbocycles. The molecular formula is C17H23BrClNO. The van der Waals surface area contributed by atoms with Crippen molar-refractivity contribution in [1.29, 1.82) is 0 Å². The molecule has 0 saturated heterocycles. The number of hydrogen-bond acceptors (Lipinski definition) is 1. The first-order valence-electron chi connectivity index (χ1n) is 7.75. The van der Waals surface area contributed by atoms with E-state index in [4.69, 9.17) is 11.6 Å². The molecule has 1 aliphatic rings. The molecule has 1 aromatic carbocycles. The molecule has 116 valence electrons. The third-order valence-corrected chi connectivity index (χ3v) is 4.96. The maximum Gasteiger partial charge on any atom is 0.255 e. The van der Waals surface area contributed by atoms with Crippen molar-refractivity contribution in [2.75, 3.05) is 6.54 Å². The molecule has 2 nitrogen and oxygen atoms in total. The standard InChI is InChI=1S/C17H23BrClNO/c1-12(2)9-10-20(14-5-3-4-6-14)17(21)15-11-13(18)7-8-16(15)19/h7-8,11-12,14H,3-6,9-10H2,1-2H3. The number of nitrogens with zero attached hydrogens (tertiary/aromatic N) is 1. The van der Waals surface area contributed by atoms with Crippen molar-refractivity contribution >= 4 is 33.4 Å². The Bertz CT molecular complexity index is 498. The van der Waals surface area contributed by atoms with Gasteiger partial charge in [-0.15, -0.1) is 0 Å². The average Bonchev–Trinajstić information content (AvgIpc) is 2.95. The van der Waals surface area contributed by atoms with E-state index < -0.39 is 0 Å². The van der Waals surface area contributed by atoms with Gasteiger partial charge in [0.25, 0.3) is 5.91 Å². The Morgan fingerprint density at radius 1 is 1.38 bits per heavy atom. The van der Waals surface area contributed by atoms with Gasteiger partial charge in [0.05, 0.1) is 10.6 Å². The van der Waals surface area contributed by atoms with E-state index in [-0.39, 0.29) is 5.91 Å². The van der Waals surface area contributed by atoms with Gasteiger partial charge in [0.2, 0.25) is 0 Å². The fraction of sp³-hybridized carbons (Fsp3) is 0.588. The summed E-state index contributed by atoms with van der Waals surface area (Å²) in [6.45, 7) is 5.22. The Labute approximate surface area is 141 Å². The van der Waals surface area contributed by atoms with Crippen LogP contribution < -0.4 is 0 Å². The number of hydrogen-bond donors (Lipinski definition) is 0. The molecule has 0 radical (unpaired) electrons. The molecule has 0 atom stereocenters. The number of carbonyl (C=O) groups excluding carboxylic acids is 1. The highest BCUT2D eigenvalue weighted by Gasteiger charge is 2.28. The van der Waals surface area contributed by atoms with Crippen LogP contribution in [-0.4, -0.2) is 23.4 Å². The first-order chi connectivity index (χ1) is 9.99. The van der Waals surface area contributed by atoms with Crippen LogP contribution in [0.1, 0.15) is 56.3 Å². The van der Waals surface area contributed by atoms with Crippen LogP contribution in [-0.2, 0) is 0 Å². The number of carbonyl (C=O) groups is 1. The molecule has 1 saturated carbocycles. The molecular weight excluding hydrogens is 350 g/mol. The number of benzene rings is 1. The number of halogens is 2. The second-order valence-corrected chi connectivity index (χ2v) is 7.57. The van der Waals surface area contributed by atoms with Crippen molar-refractivity contribution in [2.24, 2.45) is 5.92 Å². The molecule has 4 heteroatoms. The van der Waals surface area contributed by atoms with Crippen LogP contribution in [0.2, 0.25) is 5.02 Å². The molecule has 1 aromatic rings. The van der Waals surface area contributed by atoms with Gasteiger partial charge in [0.15, 0.2) is 0 Å². The average molecular weight is 373 g/mol. The van der Waals surface area contributed by atoms with Gasteiger partial charge in [-0.3, -0.25) is 4.79 Å². The molecule has 0 spiro atoms.